The maximum atomic E-state index is 13.3. The van der Waals surface area contributed by atoms with Crippen LogP contribution in [0.2, 0.25) is 5.02 Å². The van der Waals surface area contributed by atoms with E-state index in [1.165, 1.54) is 4.68 Å². The van der Waals surface area contributed by atoms with Gasteiger partial charge in [-0.25, -0.2) is 4.98 Å². The molecule has 10 heteroatoms. The number of hydrogen-bond donors (Lipinski definition) is 0. The summed E-state index contributed by atoms with van der Waals surface area (Å²) in [7, 11) is 0. The Bertz CT molecular complexity index is 1540. The van der Waals surface area contributed by atoms with Crippen molar-refractivity contribution in [2.75, 3.05) is 6.61 Å². The van der Waals surface area contributed by atoms with Crippen LogP contribution in [0.1, 0.15) is 37.2 Å². The lowest BCUT2D eigenvalue weighted by molar-refractivity contribution is 0.269. The largest absolute Gasteiger partial charge is 0.490 e. The Balaban J connectivity index is 1.68. The summed E-state index contributed by atoms with van der Waals surface area (Å²) in [5.41, 5.74) is 2.03. The Hall–Kier alpha value is -2.20. The number of hydrogen-bond acceptors (Lipinski definition) is 5. The van der Waals surface area contributed by atoms with E-state index in [2.05, 4.69) is 57.9 Å². The van der Waals surface area contributed by atoms with Gasteiger partial charge in [0.15, 0.2) is 11.5 Å². The zero-order valence-corrected chi connectivity index (χ0v) is 25.6. The number of rotatable bonds is 9. The number of benzene rings is 3. The molecule has 0 saturated carbocycles. The smallest absolute Gasteiger partial charge is 0.282 e. The predicted molar refractivity (Wildman–Crippen MR) is 159 cm³/mol. The molecular weight excluding hydrogens is 689 g/mol. The fourth-order valence-corrected chi connectivity index (χ4v) is 5.47. The molecule has 0 aliphatic heterocycles. The second-order valence-corrected chi connectivity index (χ2v) is 11.2. The topological polar surface area (TPSA) is 65.7 Å². The average molecular weight is 713 g/mol. The van der Waals surface area contributed by atoms with Gasteiger partial charge in [0.05, 0.1) is 28.7 Å². The van der Waals surface area contributed by atoms with Gasteiger partial charge in [-0.2, -0.15) is 9.78 Å². The third-order valence-corrected chi connectivity index (χ3v) is 7.40. The van der Waals surface area contributed by atoms with Gasteiger partial charge in [-0.05, 0) is 61.4 Å². The molecule has 0 unspecified atom stereocenters. The van der Waals surface area contributed by atoms with Crippen LogP contribution in [0.3, 0.4) is 0 Å². The van der Waals surface area contributed by atoms with Crippen LogP contribution in [0.25, 0.3) is 10.9 Å². The highest BCUT2D eigenvalue weighted by Gasteiger charge is 2.15. The molecule has 192 valence electrons. The summed E-state index contributed by atoms with van der Waals surface area (Å²) in [5.74, 6) is 1.53. The van der Waals surface area contributed by atoms with Gasteiger partial charge in [0.1, 0.15) is 12.4 Å². The standard InChI is InChI=1S/C27H23Br3ClN3O3/c1-3-5-25-33-23-9-8-18(28)12-20(23)27(35)34(25)32-14-16-10-22(31)26(24(11-16)36-4-2)37-15-17-6-7-19(29)13-21(17)30/h6-14H,3-5,15H2,1-2H3. The monoisotopic (exact) mass is 709 g/mol. The van der Waals surface area contributed by atoms with Gasteiger partial charge in [0, 0.05) is 25.4 Å². The summed E-state index contributed by atoms with van der Waals surface area (Å²) in [5, 5.41) is 5.36. The van der Waals surface area contributed by atoms with E-state index in [1.54, 1.807) is 24.4 Å². The number of fused-ring (bicyclic) bond motifs is 1. The van der Waals surface area contributed by atoms with Crippen molar-refractivity contribution in [3.63, 3.8) is 0 Å². The van der Waals surface area contributed by atoms with Gasteiger partial charge < -0.3 is 9.47 Å². The third kappa shape index (κ3) is 6.63. The summed E-state index contributed by atoms with van der Waals surface area (Å²) in [6.07, 6.45) is 3.02. The third-order valence-electron chi connectivity index (χ3n) is 5.39. The molecule has 0 amide bonds. The molecule has 0 aliphatic carbocycles. The van der Waals surface area contributed by atoms with E-state index in [4.69, 9.17) is 21.1 Å². The molecule has 0 saturated heterocycles. The summed E-state index contributed by atoms with van der Waals surface area (Å²) in [6.45, 7) is 4.65. The highest BCUT2D eigenvalue weighted by molar-refractivity contribution is 9.11. The molecule has 3 aromatic carbocycles. The van der Waals surface area contributed by atoms with Crippen molar-refractivity contribution >= 4 is 76.5 Å². The molecule has 1 heterocycles. The average Bonchev–Trinajstić information content (AvgIpc) is 2.85. The summed E-state index contributed by atoms with van der Waals surface area (Å²) in [6, 6.07) is 14.8. The molecule has 1 aromatic heterocycles. The van der Waals surface area contributed by atoms with E-state index in [0.717, 1.165) is 25.4 Å². The highest BCUT2D eigenvalue weighted by atomic mass is 79.9. The van der Waals surface area contributed by atoms with Crippen molar-refractivity contribution < 1.29 is 9.47 Å². The maximum absolute atomic E-state index is 13.3. The van der Waals surface area contributed by atoms with Crippen molar-refractivity contribution in [1.82, 2.24) is 9.66 Å². The Labute approximate surface area is 245 Å². The van der Waals surface area contributed by atoms with Crippen LogP contribution in [0, 0.1) is 0 Å². The molecule has 0 radical (unpaired) electrons. The minimum absolute atomic E-state index is 0.234. The molecule has 4 aromatic rings. The Morgan fingerprint density at radius 2 is 1.78 bits per heavy atom. The zero-order valence-electron chi connectivity index (χ0n) is 20.1. The van der Waals surface area contributed by atoms with Gasteiger partial charge in [-0.1, -0.05) is 72.4 Å². The van der Waals surface area contributed by atoms with E-state index in [9.17, 15) is 4.79 Å². The van der Waals surface area contributed by atoms with Gasteiger partial charge >= 0.3 is 0 Å². The van der Waals surface area contributed by atoms with Gasteiger partial charge in [0.25, 0.3) is 5.56 Å². The second kappa shape index (κ2) is 12.6. The minimum Gasteiger partial charge on any atom is -0.490 e. The molecular formula is C27H23Br3ClN3O3. The van der Waals surface area contributed by atoms with Gasteiger partial charge in [0.2, 0.25) is 0 Å². The lowest BCUT2D eigenvalue weighted by Crippen LogP contribution is -2.22. The molecule has 0 fully saturated rings. The number of aromatic nitrogens is 2. The lowest BCUT2D eigenvalue weighted by Gasteiger charge is -2.15. The van der Waals surface area contributed by atoms with Crippen molar-refractivity contribution in [1.29, 1.82) is 0 Å². The van der Waals surface area contributed by atoms with Crippen LogP contribution in [-0.4, -0.2) is 22.5 Å². The number of halogens is 4. The minimum atomic E-state index is -0.234. The van der Waals surface area contributed by atoms with E-state index in [0.29, 0.717) is 58.4 Å². The van der Waals surface area contributed by atoms with Crippen LogP contribution in [0.5, 0.6) is 11.5 Å². The first-order valence-electron chi connectivity index (χ1n) is 11.6. The second-order valence-electron chi connectivity index (χ2n) is 8.09. The van der Waals surface area contributed by atoms with Crippen LogP contribution in [-0.2, 0) is 13.0 Å². The fraction of sp³-hybridized carbons (Fsp3) is 0.222. The quantitative estimate of drug-likeness (QED) is 0.165. The zero-order chi connectivity index (χ0) is 26.5. The molecule has 0 aliphatic rings. The highest BCUT2D eigenvalue weighted by Crippen LogP contribution is 2.37. The lowest BCUT2D eigenvalue weighted by atomic mass is 10.2. The van der Waals surface area contributed by atoms with Crippen molar-refractivity contribution in [2.24, 2.45) is 5.10 Å². The SMILES string of the molecule is CCCc1nc2ccc(Br)cc2c(=O)n1N=Cc1cc(Cl)c(OCc2ccc(Br)cc2Br)c(OCC)c1. The van der Waals surface area contributed by atoms with Crippen molar-refractivity contribution in [2.45, 2.75) is 33.3 Å². The molecule has 0 spiro atoms. The van der Waals surface area contributed by atoms with Crippen LogP contribution in [0.4, 0.5) is 0 Å². The first kappa shape index (κ1) is 27.8. The van der Waals surface area contributed by atoms with Gasteiger partial charge in [-0.15, -0.1) is 0 Å². The van der Waals surface area contributed by atoms with Gasteiger partial charge in [-0.3, -0.25) is 4.79 Å². The van der Waals surface area contributed by atoms with Crippen LogP contribution in [0.15, 0.2) is 71.8 Å². The molecule has 37 heavy (non-hydrogen) atoms. The first-order chi connectivity index (χ1) is 17.8. The first-order valence-corrected chi connectivity index (χ1v) is 14.3. The Morgan fingerprint density at radius 3 is 2.51 bits per heavy atom. The summed E-state index contributed by atoms with van der Waals surface area (Å²) < 4.78 is 15.9. The van der Waals surface area contributed by atoms with E-state index in [-0.39, 0.29) is 5.56 Å². The van der Waals surface area contributed by atoms with E-state index in [1.807, 2.05) is 44.2 Å². The molecule has 0 bridgehead atoms. The maximum Gasteiger partial charge on any atom is 0.282 e. The van der Waals surface area contributed by atoms with Crippen LogP contribution >= 0.6 is 59.4 Å². The molecule has 0 atom stereocenters. The molecule has 0 N–H and O–H groups in total. The van der Waals surface area contributed by atoms with Crippen LogP contribution < -0.4 is 15.0 Å². The van der Waals surface area contributed by atoms with E-state index >= 15 is 0 Å². The predicted octanol–water partition coefficient (Wildman–Crippen LogP) is 8.15. The summed E-state index contributed by atoms with van der Waals surface area (Å²) >= 11 is 17.1. The normalized spacial score (nSPS) is 11.4. The fourth-order valence-electron chi connectivity index (χ4n) is 3.68. The number of nitrogens with zero attached hydrogens (tertiary/aromatic N) is 3. The number of aryl methyl sites for hydroxylation is 1. The Morgan fingerprint density at radius 1 is 1.03 bits per heavy atom. The summed E-state index contributed by atoms with van der Waals surface area (Å²) in [4.78, 5) is 17.9. The van der Waals surface area contributed by atoms with E-state index < -0.39 is 0 Å². The van der Waals surface area contributed by atoms with Crippen molar-refractivity contribution in [3.05, 3.63) is 94.3 Å². The number of ether oxygens (including phenoxy) is 2. The Kier molecular flexibility index (Phi) is 9.45. The molecule has 6 nitrogen and oxygen atoms in total. The van der Waals surface area contributed by atoms with Crippen molar-refractivity contribution in [3.8, 4) is 11.5 Å². The molecule has 4 rings (SSSR count).